The van der Waals surface area contributed by atoms with Crippen molar-refractivity contribution in [3.05, 3.63) is 20.8 Å². The summed E-state index contributed by atoms with van der Waals surface area (Å²) in [6.45, 7) is 4.98. The van der Waals surface area contributed by atoms with Crippen LogP contribution in [0.25, 0.3) is 10.2 Å². The average Bonchev–Trinajstić information content (AvgIpc) is 2.76. The minimum Gasteiger partial charge on any atom is -0.390 e. The highest BCUT2D eigenvalue weighted by Crippen LogP contribution is 2.37. The molecule has 0 aromatic carbocycles. The molecule has 2 aromatic heterocycles. The van der Waals surface area contributed by atoms with Crippen LogP contribution in [0.3, 0.4) is 0 Å². The standard InChI is InChI=1S/C14H16N2O3S2/c1-14(2)3-8-9(5-19-14)21-11-10(8)12(18)16-4-7(17)6-20-13(16)15-11/h7,17H,3-6H2,1-2H3. The number of thioether (sulfide) groups is 1. The van der Waals surface area contributed by atoms with Crippen molar-refractivity contribution in [2.75, 3.05) is 5.75 Å². The third kappa shape index (κ3) is 2.14. The Balaban J connectivity index is 1.98. The van der Waals surface area contributed by atoms with Crippen molar-refractivity contribution in [3.8, 4) is 0 Å². The third-order valence-electron chi connectivity index (χ3n) is 3.95. The normalized spacial score (nSPS) is 23.9. The van der Waals surface area contributed by atoms with Gasteiger partial charge in [0, 0.05) is 17.1 Å². The molecular formula is C14H16N2O3S2. The summed E-state index contributed by atoms with van der Waals surface area (Å²) in [6.07, 6.45) is 0.252. The lowest BCUT2D eigenvalue weighted by Gasteiger charge is -2.30. The van der Waals surface area contributed by atoms with Crippen LogP contribution in [-0.4, -0.2) is 32.1 Å². The highest BCUT2D eigenvalue weighted by atomic mass is 32.2. The molecule has 0 aliphatic carbocycles. The van der Waals surface area contributed by atoms with Gasteiger partial charge in [0.05, 0.1) is 30.2 Å². The number of aliphatic hydroxyl groups is 1. The van der Waals surface area contributed by atoms with Crippen molar-refractivity contribution >= 4 is 33.3 Å². The van der Waals surface area contributed by atoms with Crippen molar-refractivity contribution in [2.24, 2.45) is 0 Å². The number of hydrogen-bond donors (Lipinski definition) is 1. The monoisotopic (exact) mass is 324 g/mol. The number of fused-ring (bicyclic) bond motifs is 4. The SMILES string of the molecule is CC1(C)Cc2c(sc3nc4n(c(=O)c23)CC(O)CS4)CO1. The summed E-state index contributed by atoms with van der Waals surface area (Å²) < 4.78 is 7.45. The molecule has 0 amide bonds. The number of rotatable bonds is 0. The molecule has 21 heavy (non-hydrogen) atoms. The topological polar surface area (TPSA) is 64.4 Å². The predicted octanol–water partition coefficient (Wildman–Crippen LogP) is 1.78. The second kappa shape index (κ2) is 4.55. The van der Waals surface area contributed by atoms with Gasteiger partial charge in [-0.25, -0.2) is 4.98 Å². The van der Waals surface area contributed by atoms with Crippen LogP contribution in [0.15, 0.2) is 9.95 Å². The van der Waals surface area contributed by atoms with Crippen LogP contribution in [0, 0.1) is 0 Å². The van der Waals surface area contributed by atoms with E-state index in [4.69, 9.17) is 4.74 Å². The van der Waals surface area contributed by atoms with Gasteiger partial charge in [0.2, 0.25) is 0 Å². The van der Waals surface area contributed by atoms with Crippen LogP contribution < -0.4 is 5.56 Å². The van der Waals surface area contributed by atoms with E-state index in [1.807, 2.05) is 13.8 Å². The first-order valence-corrected chi connectivity index (χ1v) is 8.75. The molecule has 1 unspecified atom stereocenters. The quantitative estimate of drug-likeness (QED) is 0.748. The summed E-state index contributed by atoms with van der Waals surface area (Å²) in [5, 5.41) is 11.2. The van der Waals surface area contributed by atoms with Crippen LogP contribution in [0.1, 0.15) is 24.3 Å². The number of nitrogens with zero attached hydrogens (tertiary/aromatic N) is 2. The Morgan fingerprint density at radius 2 is 2.29 bits per heavy atom. The van der Waals surface area contributed by atoms with Gasteiger partial charge in [-0.1, -0.05) is 11.8 Å². The number of ether oxygens (including phenoxy) is 1. The molecule has 4 heterocycles. The molecule has 0 saturated heterocycles. The summed E-state index contributed by atoms with van der Waals surface area (Å²) in [7, 11) is 0. The average molecular weight is 324 g/mol. The second-order valence-corrected chi connectivity index (χ2v) is 8.25. The molecule has 2 aliphatic heterocycles. The van der Waals surface area contributed by atoms with E-state index >= 15 is 0 Å². The van der Waals surface area contributed by atoms with E-state index in [-0.39, 0.29) is 11.2 Å². The van der Waals surface area contributed by atoms with Crippen LogP contribution in [0.5, 0.6) is 0 Å². The number of thiophene rings is 1. The van der Waals surface area contributed by atoms with Gasteiger partial charge in [0.1, 0.15) is 4.83 Å². The summed E-state index contributed by atoms with van der Waals surface area (Å²) in [5.41, 5.74) is 0.822. The van der Waals surface area contributed by atoms with E-state index in [2.05, 4.69) is 4.98 Å². The van der Waals surface area contributed by atoms with Gasteiger partial charge in [0.25, 0.3) is 5.56 Å². The maximum atomic E-state index is 12.8. The van der Waals surface area contributed by atoms with Crippen LogP contribution in [-0.2, 0) is 24.3 Å². The smallest absolute Gasteiger partial charge is 0.263 e. The Hall–Kier alpha value is -0.890. The zero-order valence-corrected chi connectivity index (χ0v) is 13.5. The molecule has 112 valence electrons. The van der Waals surface area contributed by atoms with Crippen molar-refractivity contribution in [3.63, 3.8) is 0 Å². The molecule has 0 radical (unpaired) electrons. The lowest BCUT2D eigenvalue weighted by Crippen LogP contribution is -2.35. The van der Waals surface area contributed by atoms with E-state index < -0.39 is 6.10 Å². The van der Waals surface area contributed by atoms with Crippen molar-refractivity contribution in [1.82, 2.24) is 9.55 Å². The lowest BCUT2D eigenvalue weighted by molar-refractivity contribution is -0.0379. The molecule has 1 N–H and O–H groups in total. The van der Waals surface area contributed by atoms with E-state index in [0.29, 0.717) is 18.9 Å². The fourth-order valence-corrected chi connectivity index (χ4v) is 4.98. The first kappa shape index (κ1) is 13.8. The molecule has 0 fully saturated rings. The fraction of sp³-hybridized carbons (Fsp3) is 0.571. The maximum Gasteiger partial charge on any atom is 0.263 e. The predicted molar refractivity (Wildman–Crippen MR) is 83.2 cm³/mol. The zero-order valence-electron chi connectivity index (χ0n) is 11.9. The van der Waals surface area contributed by atoms with Gasteiger partial charge >= 0.3 is 0 Å². The highest BCUT2D eigenvalue weighted by molar-refractivity contribution is 7.99. The highest BCUT2D eigenvalue weighted by Gasteiger charge is 2.32. The van der Waals surface area contributed by atoms with Crippen LogP contribution >= 0.6 is 23.1 Å². The van der Waals surface area contributed by atoms with E-state index in [1.165, 1.54) is 11.8 Å². The minimum absolute atomic E-state index is 0.0172. The fourth-order valence-electron chi connectivity index (χ4n) is 2.91. The Kier molecular flexibility index (Phi) is 2.98. The second-order valence-electron chi connectivity index (χ2n) is 6.18. The van der Waals surface area contributed by atoms with E-state index in [0.717, 1.165) is 32.2 Å². The molecule has 7 heteroatoms. The molecule has 2 aliphatic rings. The number of aromatic nitrogens is 2. The van der Waals surface area contributed by atoms with Gasteiger partial charge in [-0.15, -0.1) is 11.3 Å². The number of hydrogen-bond acceptors (Lipinski definition) is 6. The van der Waals surface area contributed by atoms with Crippen molar-refractivity contribution < 1.29 is 9.84 Å². The van der Waals surface area contributed by atoms with Gasteiger partial charge in [-0.3, -0.25) is 9.36 Å². The molecule has 0 spiro atoms. The Labute approximate surface area is 130 Å². The van der Waals surface area contributed by atoms with Gasteiger partial charge in [-0.2, -0.15) is 0 Å². The summed E-state index contributed by atoms with van der Waals surface area (Å²) in [5.74, 6) is 0.596. The first-order chi connectivity index (χ1) is 9.94. The van der Waals surface area contributed by atoms with Crippen LogP contribution in [0.4, 0.5) is 0 Å². The molecule has 2 aromatic rings. The molecular weight excluding hydrogens is 308 g/mol. The van der Waals surface area contributed by atoms with E-state index in [9.17, 15) is 9.90 Å². The number of aliphatic hydroxyl groups excluding tert-OH is 1. The Morgan fingerprint density at radius 1 is 1.48 bits per heavy atom. The summed E-state index contributed by atoms with van der Waals surface area (Å²) in [4.78, 5) is 19.4. The van der Waals surface area contributed by atoms with Gasteiger partial charge < -0.3 is 9.84 Å². The van der Waals surface area contributed by atoms with Crippen molar-refractivity contribution in [1.29, 1.82) is 0 Å². The molecule has 5 nitrogen and oxygen atoms in total. The van der Waals surface area contributed by atoms with Crippen molar-refractivity contribution in [2.45, 2.75) is 50.3 Å². The summed E-state index contributed by atoms with van der Waals surface area (Å²) >= 11 is 3.01. The minimum atomic E-state index is -0.478. The molecule has 4 rings (SSSR count). The molecule has 0 saturated carbocycles. The van der Waals surface area contributed by atoms with Crippen LogP contribution in [0.2, 0.25) is 0 Å². The maximum absolute atomic E-state index is 12.8. The zero-order chi connectivity index (χ0) is 14.8. The van der Waals surface area contributed by atoms with Gasteiger partial charge in [-0.05, 0) is 19.4 Å². The Bertz CT molecular complexity index is 794. The molecule has 1 atom stereocenters. The van der Waals surface area contributed by atoms with E-state index in [1.54, 1.807) is 15.9 Å². The Morgan fingerprint density at radius 3 is 3.10 bits per heavy atom. The molecule has 0 bridgehead atoms. The lowest BCUT2D eigenvalue weighted by atomic mass is 9.94. The largest absolute Gasteiger partial charge is 0.390 e. The van der Waals surface area contributed by atoms with Gasteiger partial charge in [0.15, 0.2) is 5.16 Å². The first-order valence-electron chi connectivity index (χ1n) is 6.94. The summed E-state index contributed by atoms with van der Waals surface area (Å²) in [6, 6.07) is 0. The third-order valence-corrected chi connectivity index (χ3v) is 6.17.